The highest BCUT2D eigenvalue weighted by atomic mass is 79.9. The molecule has 0 radical (unpaired) electrons. The highest BCUT2D eigenvalue weighted by molar-refractivity contribution is 9.10. The zero-order chi connectivity index (χ0) is 14.7. The number of piperidine rings is 1. The molecule has 3 unspecified atom stereocenters. The number of halogens is 1. The Balaban J connectivity index is 2.17. The number of thiophene rings is 1. The van der Waals surface area contributed by atoms with Crippen molar-refractivity contribution in [3.8, 4) is 0 Å². The number of hydrogen-bond acceptors (Lipinski definition) is 4. The summed E-state index contributed by atoms with van der Waals surface area (Å²) in [6.07, 6.45) is 3.57. The van der Waals surface area contributed by atoms with Crippen LogP contribution in [0.3, 0.4) is 0 Å². The SMILES string of the molecule is CCC(N)C(c1cc(Br)cs1)N(C)C1CCCN(C)C1. The van der Waals surface area contributed by atoms with E-state index in [1.165, 1.54) is 28.7 Å². The molecule has 0 bridgehead atoms. The van der Waals surface area contributed by atoms with Gasteiger partial charge >= 0.3 is 0 Å². The molecule has 1 aliphatic heterocycles. The van der Waals surface area contributed by atoms with Crippen molar-refractivity contribution in [2.45, 2.75) is 44.3 Å². The third kappa shape index (κ3) is 3.83. The second kappa shape index (κ2) is 7.36. The van der Waals surface area contributed by atoms with Gasteiger partial charge in [-0.1, -0.05) is 6.92 Å². The summed E-state index contributed by atoms with van der Waals surface area (Å²) in [4.78, 5) is 6.33. The first kappa shape index (κ1) is 16.4. The molecule has 1 aromatic heterocycles. The van der Waals surface area contributed by atoms with Crippen molar-refractivity contribution < 1.29 is 0 Å². The van der Waals surface area contributed by atoms with Gasteiger partial charge in [-0.05, 0) is 61.9 Å². The molecule has 114 valence electrons. The fourth-order valence-electron chi connectivity index (χ4n) is 3.12. The number of nitrogens with zero attached hydrogens (tertiary/aromatic N) is 2. The van der Waals surface area contributed by atoms with E-state index in [1.807, 2.05) is 11.3 Å². The van der Waals surface area contributed by atoms with Crippen LogP contribution in [0.4, 0.5) is 0 Å². The van der Waals surface area contributed by atoms with E-state index in [2.05, 4.69) is 58.2 Å². The van der Waals surface area contributed by atoms with E-state index in [0.29, 0.717) is 12.1 Å². The number of hydrogen-bond donors (Lipinski definition) is 1. The molecular formula is C15H26BrN3S. The molecule has 0 aliphatic carbocycles. The first-order valence-electron chi connectivity index (χ1n) is 7.43. The Morgan fingerprint density at radius 2 is 2.35 bits per heavy atom. The molecule has 5 heteroatoms. The van der Waals surface area contributed by atoms with Crippen LogP contribution >= 0.6 is 27.3 Å². The summed E-state index contributed by atoms with van der Waals surface area (Å²) in [6.45, 7) is 4.55. The van der Waals surface area contributed by atoms with E-state index in [4.69, 9.17) is 5.73 Å². The quantitative estimate of drug-likeness (QED) is 0.874. The highest BCUT2D eigenvalue weighted by Gasteiger charge is 2.31. The summed E-state index contributed by atoms with van der Waals surface area (Å²) in [7, 11) is 4.47. The van der Waals surface area contributed by atoms with E-state index in [-0.39, 0.29) is 6.04 Å². The van der Waals surface area contributed by atoms with E-state index < -0.39 is 0 Å². The Hall–Kier alpha value is 0.0600. The van der Waals surface area contributed by atoms with Gasteiger partial charge in [-0.3, -0.25) is 4.90 Å². The van der Waals surface area contributed by atoms with Gasteiger partial charge in [0.05, 0.1) is 6.04 Å². The molecule has 0 spiro atoms. The summed E-state index contributed by atoms with van der Waals surface area (Å²) in [5, 5.41) is 2.16. The van der Waals surface area contributed by atoms with Gasteiger partial charge in [-0.2, -0.15) is 0 Å². The number of rotatable bonds is 5. The Morgan fingerprint density at radius 1 is 1.60 bits per heavy atom. The first-order chi connectivity index (χ1) is 9.52. The Kier molecular flexibility index (Phi) is 6.05. The van der Waals surface area contributed by atoms with Crippen LogP contribution in [0.25, 0.3) is 0 Å². The average Bonchev–Trinajstić information content (AvgIpc) is 2.85. The molecule has 0 saturated carbocycles. The molecule has 0 amide bonds. The van der Waals surface area contributed by atoms with Crippen molar-refractivity contribution in [2.75, 3.05) is 27.2 Å². The predicted octanol–water partition coefficient (Wildman–Crippen LogP) is 3.32. The molecule has 1 saturated heterocycles. The monoisotopic (exact) mass is 359 g/mol. The van der Waals surface area contributed by atoms with Crippen molar-refractivity contribution in [3.63, 3.8) is 0 Å². The highest BCUT2D eigenvalue weighted by Crippen LogP contribution is 2.33. The third-order valence-electron chi connectivity index (χ3n) is 4.37. The number of nitrogens with two attached hydrogens (primary N) is 1. The maximum absolute atomic E-state index is 6.44. The first-order valence-corrected chi connectivity index (χ1v) is 9.10. The van der Waals surface area contributed by atoms with Crippen molar-refractivity contribution in [1.29, 1.82) is 0 Å². The van der Waals surface area contributed by atoms with Crippen LogP contribution < -0.4 is 5.73 Å². The molecule has 1 aliphatic rings. The summed E-state index contributed by atoms with van der Waals surface area (Å²) < 4.78 is 1.17. The van der Waals surface area contributed by atoms with Gasteiger partial charge in [0.25, 0.3) is 0 Å². The van der Waals surface area contributed by atoms with Crippen LogP contribution in [-0.2, 0) is 0 Å². The Labute approximate surface area is 135 Å². The van der Waals surface area contributed by atoms with Crippen LogP contribution in [0.5, 0.6) is 0 Å². The number of likely N-dealkylation sites (tertiary alicyclic amines) is 1. The van der Waals surface area contributed by atoms with E-state index in [1.54, 1.807) is 0 Å². The average molecular weight is 360 g/mol. The fraction of sp³-hybridized carbons (Fsp3) is 0.733. The maximum atomic E-state index is 6.44. The molecule has 2 rings (SSSR count). The van der Waals surface area contributed by atoms with Crippen molar-refractivity contribution in [3.05, 3.63) is 20.8 Å². The van der Waals surface area contributed by atoms with Gasteiger partial charge < -0.3 is 10.6 Å². The van der Waals surface area contributed by atoms with E-state index in [9.17, 15) is 0 Å². The topological polar surface area (TPSA) is 32.5 Å². The Morgan fingerprint density at radius 3 is 2.90 bits per heavy atom. The smallest absolute Gasteiger partial charge is 0.0594 e. The molecule has 3 atom stereocenters. The second-order valence-electron chi connectivity index (χ2n) is 5.91. The Bertz CT molecular complexity index is 423. The van der Waals surface area contributed by atoms with Gasteiger partial charge in [0.1, 0.15) is 0 Å². The summed E-state index contributed by atoms with van der Waals surface area (Å²) in [5.74, 6) is 0. The lowest BCUT2D eigenvalue weighted by Crippen LogP contribution is -2.49. The van der Waals surface area contributed by atoms with Crippen LogP contribution in [-0.4, -0.2) is 49.1 Å². The van der Waals surface area contributed by atoms with Crippen molar-refractivity contribution in [2.24, 2.45) is 5.73 Å². The third-order valence-corrected chi connectivity index (χ3v) is 6.13. The standard InChI is InChI=1S/C15H26BrN3S/c1-4-13(17)15(14-8-11(16)10-20-14)19(3)12-6-5-7-18(2)9-12/h8,10,12-13,15H,4-7,9,17H2,1-3H3. The molecule has 0 aromatic carbocycles. The lowest BCUT2D eigenvalue weighted by atomic mass is 9.98. The van der Waals surface area contributed by atoms with Gasteiger partial charge in [-0.25, -0.2) is 0 Å². The van der Waals surface area contributed by atoms with Gasteiger partial charge in [0.2, 0.25) is 0 Å². The predicted molar refractivity (Wildman–Crippen MR) is 91.3 cm³/mol. The molecule has 2 N–H and O–H groups in total. The summed E-state index contributed by atoms with van der Waals surface area (Å²) in [6, 6.07) is 3.36. The van der Waals surface area contributed by atoms with Gasteiger partial charge in [0.15, 0.2) is 0 Å². The molecule has 1 aromatic rings. The largest absolute Gasteiger partial charge is 0.326 e. The summed E-state index contributed by atoms with van der Waals surface area (Å²) >= 11 is 5.38. The van der Waals surface area contributed by atoms with Crippen LogP contribution in [0.1, 0.15) is 37.1 Å². The minimum atomic E-state index is 0.192. The molecule has 1 fully saturated rings. The molecular weight excluding hydrogens is 334 g/mol. The zero-order valence-electron chi connectivity index (χ0n) is 12.7. The second-order valence-corrected chi connectivity index (χ2v) is 7.77. The van der Waals surface area contributed by atoms with Gasteiger partial charge in [-0.15, -0.1) is 11.3 Å². The molecule has 3 nitrogen and oxygen atoms in total. The fourth-order valence-corrected chi connectivity index (χ4v) is 4.79. The number of likely N-dealkylation sites (N-methyl/N-ethyl adjacent to an activating group) is 2. The lowest BCUT2D eigenvalue weighted by molar-refractivity contribution is 0.0875. The van der Waals surface area contributed by atoms with Crippen molar-refractivity contribution in [1.82, 2.24) is 9.80 Å². The van der Waals surface area contributed by atoms with Crippen molar-refractivity contribution >= 4 is 27.3 Å². The normalized spacial score (nSPS) is 24.0. The lowest BCUT2D eigenvalue weighted by Gasteiger charge is -2.41. The zero-order valence-corrected chi connectivity index (χ0v) is 15.1. The van der Waals surface area contributed by atoms with E-state index >= 15 is 0 Å². The van der Waals surface area contributed by atoms with Crippen LogP contribution in [0, 0.1) is 0 Å². The molecule has 2 heterocycles. The maximum Gasteiger partial charge on any atom is 0.0594 e. The summed E-state index contributed by atoms with van der Waals surface area (Å²) in [5.41, 5.74) is 6.44. The minimum absolute atomic E-state index is 0.192. The van der Waals surface area contributed by atoms with Crippen LogP contribution in [0.15, 0.2) is 15.9 Å². The molecule has 20 heavy (non-hydrogen) atoms. The van der Waals surface area contributed by atoms with Crippen LogP contribution in [0.2, 0.25) is 0 Å². The minimum Gasteiger partial charge on any atom is -0.326 e. The van der Waals surface area contributed by atoms with Gasteiger partial charge in [0, 0.05) is 33.4 Å². The van der Waals surface area contributed by atoms with E-state index in [0.717, 1.165) is 13.0 Å².